The van der Waals surface area contributed by atoms with Crippen LogP contribution in [0.15, 0.2) is 46.3 Å². The predicted molar refractivity (Wildman–Crippen MR) is 78.4 cm³/mol. The number of halogens is 1. The lowest BCUT2D eigenvalue weighted by molar-refractivity contribution is 0.154. The van der Waals surface area contributed by atoms with E-state index in [1.54, 1.807) is 6.07 Å². The molecule has 112 valence electrons. The molecule has 0 fully saturated rings. The molecule has 2 rings (SSSR count). The van der Waals surface area contributed by atoms with Crippen LogP contribution < -0.4 is 0 Å². The summed E-state index contributed by atoms with van der Waals surface area (Å²) >= 11 is 3.17. The average Bonchev–Trinajstić information content (AvgIpc) is 2.81. The molecule has 0 saturated heterocycles. The van der Waals surface area contributed by atoms with Gasteiger partial charge in [-0.2, -0.15) is 0 Å². The number of carbonyl (C=O) groups is 1. The first kappa shape index (κ1) is 15.5. The summed E-state index contributed by atoms with van der Waals surface area (Å²) in [5.41, 5.74) is 0.555. The van der Waals surface area contributed by atoms with Crippen molar-refractivity contribution in [1.82, 2.24) is 13.9 Å². The molecule has 2 aromatic heterocycles. The minimum atomic E-state index is -3.76. The highest BCUT2D eigenvalue weighted by Gasteiger charge is 2.20. The van der Waals surface area contributed by atoms with Crippen molar-refractivity contribution >= 4 is 32.0 Å². The monoisotopic (exact) mass is 373 g/mol. The highest BCUT2D eigenvalue weighted by atomic mass is 79.9. The van der Waals surface area contributed by atoms with E-state index in [0.29, 0.717) is 10.2 Å². The molecule has 0 radical (unpaired) electrons. The quantitative estimate of drug-likeness (QED) is 0.884. The van der Waals surface area contributed by atoms with E-state index >= 15 is 0 Å². The SMILES string of the molecule is CN(Cc1cc(Br)n(S(=O)(=O)c2cccnc2)c1)C(=O)O. The second kappa shape index (κ2) is 5.86. The van der Waals surface area contributed by atoms with Crippen LogP contribution in [0.3, 0.4) is 0 Å². The molecule has 1 amide bonds. The smallest absolute Gasteiger partial charge is 0.407 e. The second-order valence-corrected chi connectivity index (χ2v) is 6.93. The van der Waals surface area contributed by atoms with E-state index in [1.165, 1.54) is 37.8 Å². The van der Waals surface area contributed by atoms with Gasteiger partial charge in [-0.3, -0.25) is 4.98 Å². The third-order valence-electron chi connectivity index (χ3n) is 2.74. The lowest BCUT2D eigenvalue weighted by Gasteiger charge is -2.11. The van der Waals surface area contributed by atoms with E-state index in [9.17, 15) is 13.2 Å². The van der Waals surface area contributed by atoms with E-state index in [1.807, 2.05) is 0 Å². The van der Waals surface area contributed by atoms with Crippen LogP contribution in [0.2, 0.25) is 0 Å². The van der Waals surface area contributed by atoms with Gasteiger partial charge in [-0.25, -0.2) is 17.2 Å². The lowest BCUT2D eigenvalue weighted by Crippen LogP contribution is -2.23. The number of aromatic nitrogens is 2. The summed E-state index contributed by atoms with van der Waals surface area (Å²) in [5.74, 6) is 0. The Morgan fingerprint density at radius 1 is 1.52 bits per heavy atom. The Hall–Kier alpha value is -1.87. The van der Waals surface area contributed by atoms with Gasteiger partial charge in [0.1, 0.15) is 9.50 Å². The Labute approximate surface area is 130 Å². The van der Waals surface area contributed by atoms with Crippen LogP contribution in [-0.4, -0.2) is 40.5 Å². The Balaban J connectivity index is 2.38. The van der Waals surface area contributed by atoms with Crippen molar-refractivity contribution in [3.63, 3.8) is 0 Å². The van der Waals surface area contributed by atoms with Gasteiger partial charge in [-0.1, -0.05) is 0 Å². The summed E-state index contributed by atoms with van der Waals surface area (Å²) in [6.07, 6.45) is 3.03. The molecule has 0 atom stereocenters. The molecule has 9 heteroatoms. The minimum absolute atomic E-state index is 0.0550. The zero-order valence-electron chi connectivity index (χ0n) is 11.0. The van der Waals surface area contributed by atoms with Crippen molar-refractivity contribution < 1.29 is 18.3 Å². The molecule has 0 aliphatic rings. The van der Waals surface area contributed by atoms with Crippen molar-refractivity contribution in [2.24, 2.45) is 0 Å². The van der Waals surface area contributed by atoms with Crippen molar-refractivity contribution in [3.05, 3.63) is 47.0 Å². The normalized spacial score (nSPS) is 11.3. The summed E-state index contributed by atoms with van der Waals surface area (Å²) in [7, 11) is -2.36. The third kappa shape index (κ3) is 3.24. The Bertz CT molecular complexity index is 758. The van der Waals surface area contributed by atoms with E-state index in [-0.39, 0.29) is 11.4 Å². The molecule has 0 bridgehead atoms. The van der Waals surface area contributed by atoms with Crippen LogP contribution >= 0.6 is 15.9 Å². The fourth-order valence-electron chi connectivity index (χ4n) is 1.69. The molecule has 0 aliphatic carbocycles. The molecule has 7 nitrogen and oxygen atoms in total. The first-order chi connectivity index (χ1) is 9.82. The number of amides is 1. The topological polar surface area (TPSA) is 92.5 Å². The summed E-state index contributed by atoms with van der Waals surface area (Å²) in [6.45, 7) is 0.0868. The molecule has 2 heterocycles. The number of pyridine rings is 1. The molecule has 21 heavy (non-hydrogen) atoms. The van der Waals surface area contributed by atoms with Crippen LogP contribution in [0, 0.1) is 0 Å². The first-order valence-electron chi connectivity index (χ1n) is 5.79. The molecule has 0 aliphatic heterocycles. The fourth-order valence-corrected chi connectivity index (χ4v) is 3.89. The number of hydrogen-bond acceptors (Lipinski definition) is 4. The van der Waals surface area contributed by atoms with Gasteiger partial charge in [0.05, 0.1) is 6.54 Å². The van der Waals surface area contributed by atoms with Gasteiger partial charge in [0, 0.05) is 25.6 Å². The number of carboxylic acid groups (broad SMARTS) is 1. The molecular formula is C12H12BrN3O4S. The minimum Gasteiger partial charge on any atom is -0.465 e. The van der Waals surface area contributed by atoms with E-state index in [0.717, 1.165) is 8.87 Å². The second-order valence-electron chi connectivity index (χ2n) is 4.30. The molecule has 0 saturated carbocycles. The van der Waals surface area contributed by atoms with Crippen molar-refractivity contribution in [3.8, 4) is 0 Å². The fraction of sp³-hybridized carbons (Fsp3) is 0.167. The largest absolute Gasteiger partial charge is 0.465 e. The van der Waals surface area contributed by atoms with E-state index in [4.69, 9.17) is 5.11 Å². The van der Waals surface area contributed by atoms with Crippen LogP contribution in [0.4, 0.5) is 4.79 Å². The molecular weight excluding hydrogens is 362 g/mol. The molecule has 0 aromatic carbocycles. The highest BCUT2D eigenvalue weighted by molar-refractivity contribution is 9.10. The van der Waals surface area contributed by atoms with Gasteiger partial charge in [0.25, 0.3) is 10.0 Å². The van der Waals surface area contributed by atoms with Crippen molar-refractivity contribution in [2.75, 3.05) is 7.05 Å². The van der Waals surface area contributed by atoms with Gasteiger partial charge in [0.15, 0.2) is 0 Å². The molecule has 2 aromatic rings. The molecule has 0 unspecified atom stereocenters. The Morgan fingerprint density at radius 2 is 2.24 bits per heavy atom. The number of hydrogen-bond donors (Lipinski definition) is 1. The standard InChI is InChI=1S/C12H12BrN3O4S/c1-15(12(17)18)7-9-5-11(13)16(8-9)21(19,20)10-3-2-4-14-6-10/h2-6,8H,7H2,1H3,(H,17,18). The molecule has 1 N–H and O–H groups in total. The first-order valence-corrected chi connectivity index (χ1v) is 8.02. The van der Waals surface area contributed by atoms with Crippen LogP contribution in [0.5, 0.6) is 0 Å². The van der Waals surface area contributed by atoms with Crippen molar-refractivity contribution in [1.29, 1.82) is 0 Å². The van der Waals surface area contributed by atoms with Crippen LogP contribution in [-0.2, 0) is 16.6 Å². The summed E-state index contributed by atoms with van der Waals surface area (Å²) in [6, 6.07) is 4.54. The van der Waals surface area contributed by atoms with Gasteiger partial charge >= 0.3 is 6.09 Å². The predicted octanol–water partition coefficient (Wildman–Crippen LogP) is 1.99. The van der Waals surface area contributed by atoms with Crippen LogP contribution in [0.25, 0.3) is 0 Å². The van der Waals surface area contributed by atoms with Crippen LogP contribution in [0.1, 0.15) is 5.56 Å². The van der Waals surface area contributed by atoms with Gasteiger partial charge in [-0.05, 0) is 39.7 Å². The van der Waals surface area contributed by atoms with Crippen molar-refractivity contribution in [2.45, 2.75) is 11.4 Å². The number of rotatable bonds is 4. The molecule has 0 spiro atoms. The summed E-state index contributed by atoms with van der Waals surface area (Å²) in [5, 5.41) is 8.84. The zero-order valence-corrected chi connectivity index (χ0v) is 13.4. The maximum Gasteiger partial charge on any atom is 0.407 e. The summed E-state index contributed by atoms with van der Waals surface area (Å²) < 4.78 is 26.3. The Kier molecular flexibility index (Phi) is 4.33. The lowest BCUT2D eigenvalue weighted by atomic mass is 10.3. The maximum atomic E-state index is 12.5. The van der Waals surface area contributed by atoms with Gasteiger partial charge in [0.2, 0.25) is 0 Å². The van der Waals surface area contributed by atoms with Gasteiger partial charge < -0.3 is 10.0 Å². The highest BCUT2D eigenvalue weighted by Crippen LogP contribution is 2.22. The van der Waals surface area contributed by atoms with E-state index < -0.39 is 16.1 Å². The zero-order chi connectivity index (χ0) is 15.6. The average molecular weight is 374 g/mol. The Morgan fingerprint density at radius 3 is 2.81 bits per heavy atom. The third-order valence-corrected chi connectivity index (χ3v) is 5.24. The number of nitrogens with zero attached hydrogens (tertiary/aromatic N) is 3. The van der Waals surface area contributed by atoms with E-state index in [2.05, 4.69) is 20.9 Å². The van der Waals surface area contributed by atoms with Gasteiger partial charge in [-0.15, -0.1) is 0 Å². The summed E-state index contributed by atoms with van der Waals surface area (Å²) in [4.78, 5) is 15.7. The maximum absolute atomic E-state index is 12.5.